The number of pyridine rings is 1. The highest BCUT2D eigenvalue weighted by Gasteiger charge is 2.14. The van der Waals surface area contributed by atoms with Crippen LogP contribution in [0.15, 0.2) is 65.7 Å². The summed E-state index contributed by atoms with van der Waals surface area (Å²) in [6.45, 7) is 5.99. The summed E-state index contributed by atoms with van der Waals surface area (Å²) in [4.78, 5) is 4.41. The van der Waals surface area contributed by atoms with Crippen molar-refractivity contribution in [3.8, 4) is 0 Å². The second-order valence-electron chi connectivity index (χ2n) is 6.35. The molecule has 1 aromatic heterocycles. The van der Waals surface area contributed by atoms with Crippen molar-refractivity contribution < 1.29 is 8.42 Å². The molecule has 2 N–H and O–H groups in total. The van der Waals surface area contributed by atoms with Gasteiger partial charge in [-0.25, -0.2) is 13.4 Å². The lowest BCUT2D eigenvalue weighted by Crippen LogP contribution is -2.13. The van der Waals surface area contributed by atoms with Gasteiger partial charge in [0.15, 0.2) is 0 Å². The van der Waals surface area contributed by atoms with E-state index < -0.39 is 10.0 Å². The minimum Gasteiger partial charge on any atom is -0.354 e. The molecule has 134 valence electrons. The Hall–Kier alpha value is -2.86. The molecule has 0 bridgehead atoms. The molecule has 0 saturated carbocycles. The standard InChI is InChI=1S/C20H21N3O2S/c1-14-4-7-19(8-5-14)26(24,25)23-20-9-6-17(13-21-20)22-18-11-15(2)10-16(3)12-18/h4-13,22H,1-3H3,(H,21,23). The van der Waals surface area contributed by atoms with Gasteiger partial charge in [0, 0.05) is 5.69 Å². The minimum atomic E-state index is -3.65. The number of benzene rings is 2. The molecule has 1 heterocycles. The summed E-state index contributed by atoms with van der Waals surface area (Å²) in [5, 5.41) is 3.27. The van der Waals surface area contributed by atoms with Crippen molar-refractivity contribution in [3.63, 3.8) is 0 Å². The van der Waals surface area contributed by atoms with Crippen LogP contribution in [-0.4, -0.2) is 13.4 Å². The third kappa shape index (κ3) is 4.40. The van der Waals surface area contributed by atoms with Gasteiger partial charge in [0.1, 0.15) is 5.82 Å². The summed E-state index contributed by atoms with van der Waals surface area (Å²) in [6, 6.07) is 16.3. The number of nitrogens with zero attached hydrogens (tertiary/aromatic N) is 1. The maximum atomic E-state index is 12.4. The highest BCUT2D eigenvalue weighted by molar-refractivity contribution is 7.92. The first-order valence-corrected chi connectivity index (χ1v) is 9.71. The number of nitrogens with one attached hydrogen (secondary N) is 2. The summed E-state index contributed by atoms with van der Waals surface area (Å²) in [6.07, 6.45) is 1.60. The summed E-state index contributed by atoms with van der Waals surface area (Å²) in [7, 11) is -3.65. The fraction of sp³-hybridized carbons (Fsp3) is 0.150. The quantitative estimate of drug-likeness (QED) is 0.694. The molecule has 0 radical (unpaired) electrons. The van der Waals surface area contributed by atoms with E-state index in [9.17, 15) is 8.42 Å². The van der Waals surface area contributed by atoms with E-state index in [1.807, 2.05) is 32.9 Å². The zero-order valence-corrected chi connectivity index (χ0v) is 15.8. The normalized spacial score (nSPS) is 11.2. The van der Waals surface area contributed by atoms with Gasteiger partial charge >= 0.3 is 0 Å². The highest BCUT2D eigenvalue weighted by Crippen LogP contribution is 2.21. The average molecular weight is 367 g/mol. The van der Waals surface area contributed by atoms with Crippen molar-refractivity contribution in [1.82, 2.24) is 4.98 Å². The number of anilines is 3. The van der Waals surface area contributed by atoms with Gasteiger partial charge in [0.2, 0.25) is 0 Å². The van der Waals surface area contributed by atoms with E-state index in [-0.39, 0.29) is 10.7 Å². The van der Waals surface area contributed by atoms with Gasteiger partial charge in [0.05, 0.1) is 16.8 Å². The second-order valence-corrected chi connectivity index (χ2v) is 8.03. The van der Waals surface area contributed by atoms with E-state index in [0.717, 1.165) is 16.9 Å². The van der Waals surface area contributed by atoms with Crippen LogP contribution in [0.1, 0.15) is 16.7 Å². The molecular weight excluding hydrogens is 346 g/mol. The molecule has 0 atom stereocenters. The predicted molar refractivity (Wildman–Crippen MR) is 105 cm³/mol. The summed E-state index contributed by atoms with van der Waals surface area (Å²) in [5.41, 5.74) is 5.10. The zero-order valence-electron chi connectivity index (χ0n) is 14.9. The van der Waals surface area contributed by atoms with Crippen LogP contribution < -0.4 is 10.0 Å². The SMILES string of the molecule is Cc1ccc(S(=O)(=O)Nc2ccc(Nc3cc(C)cc(C)c3)cn2)cc1. The lowest BCUT2D eigenvalue weighted by molar-refractivity contribution is 0.601. The molecule has 0 spiro atoms. The number of hydrogen-bond acceptors (Lipinski definition) is 4. The lowest BCUT2D eigenvalue weighted by Gasteiger charge is -2.10. The molecule has 5 nitrogen and oxygen atoms in total. The van der Waals surface area contributed by atoms with Crippen LogP contribution in [0.3, 0.4) is 0 Å². The molecule has 0 unspecified atom stereocenters. The van der Waals surface area contributed by atoms with Crippen LogP contribution in [0, 0.1) is 20.8 Å². The van der Waals surface area contributed by atoms with E-state index in [1.165, 1.54) is 11.1 Å². The third-order valence-corrected chi connectivity index (χ3v) is 5.21. The molecular formula is C20H21N3O2S. The van der Waals surface area contributed by atoms with Gasteiger partial charge in [-0.05, 0) is 68.3 Å². The number of aryl methyl sites for hydroxylation is 3. The van der Waals surface area contributed by atoms with Crippen LogP contribution >= 0.6 is 0 Å². The Bertz CT molecular complexity index is 992. The molecule has 3 aromatic rings. The molecule has 0 fully saturated rings. The van der Waals surface area contributed by atoms with Crippen LogP contribution in [0.4, 0.5) is 17.2 Å². The van der Waals surface area contributed by atoms with E-state index in [2.05, 4.69) is 21.1 Å². The van der Waals surface area contributed by atoms with E-state index in [4.69, 9.17) is 0 Å². The van der Waals surface area contributed by atoms with Gasteiger partial charge in [-0.3, -0.25) is 4.72 Å². The van der Waals surface area contributed by atoms with Crippen molar-refractivity contribution in [2.45, 2.75) is 25.7 Å². The number of aromatic nitrogens is 1. The predicted octanol–water partition coefficient (Wildman–Crippen LogP) is 4.55. The first-order valence-electron chi connectivity index (χ1n) is 8.23. The van der Waals surface area contributed by atoms with Crippen LogP contribution in [0.5, 0.6) is 0 Å². The Balaban J connectivity index is 1.74. The third-order valence-electron chi connectivity index (χ3n) is 3.84. The smallest absolute Gasteiger partial charge is 0.263 e. The first kappa shape index (κ1) is 17.9. The largest absolute Gasteiger partial charge is 0.354 e. The van der Waals surface area contributed by atoms with Crippen molar-refractivity contribution in [1.29, 1.82) is 0 Å². The fourth-order valence-corrected chi connectivity index (χ4v) is 3.66. The van der Waals surface area contributed by atoms with Crippen molar-refractivity contribution in [2.24, 2.45) is 0 Å². The molecule has 3 rings (SSSR count). The maximum Gasteiger partial charge on any atom is 0.263 e. The molecule has 0 aliphatic carbocycles. The van der Waals surface area contributed by atoms with E-state index in [0.29, 0.717) is 0 Å². The summed E-state index contributed by atoms with van der Waals surface area (Å²) in [5.74, 6) is 0.275. The Morgan fingerprint density at radius 1 is 0.769 bits per heavy atom. The molecule has 0 saturated heterocycles. The van der Waals surface area contributed by atoms with E-state index in [1.54, 1.807) is 42.6 Å². The van der Waals surface area contributed by atoms with Crippen LogP contribution in [0.25, 0.3) is 0 Å². The van der Waals surface area contributed by atoms with Crippen LogP contribution in [0.2, 0.25) is 0 Å². The maximum absolute atomic E-state index is 12.4. The second kappa shape index (κ2) is 7.17. The Labute approximate surface area is 154 Å². The molecule has 0 aliphatic heterocycles. The summed E-state index contributed by atoms with van der Waals surface area (Å²) >= 11 is 0. The first-order chi connectivity index (χ1) is 12.3. The minimum absolute atomic E-state index is 0.210. The van der Waals surface area contributed by atoms with Gasteiger partial charge < -0.3 is 5.32 Å². The number of sulfonamides is 1. The van der Waals surface area contributed by atoms with Gasteiger partial charge in [0.25, 0.3) is 10.0 Å². The van der Waals surface area contributed by atoms with Gasteiger partial charge in [-0.1, -0.05) is 23.8 Å². The monoisotopic (exact) mass is 367 g/mol. The molecule has 2 aromatic carbocycles. The number of hydrogen-bond donors (Lipinski definition) is 2. The topological polar surface area (TPSA) is 71.1 Å². The van der Waals surface area contributed by atoms with Gasteiger partial charge in [-0.15, -0.1) is 0 Å². The van der Waals surface area contributed by atoms with Crippen LogP contribution in [-0.2, 0) is 10.0 Å². The Morgan fingerprint density at radius 2 is 1.42 bits per heavy atom. The zero-order chi connectivity index (χ0) is 18.7. The van der Waals surface area contributed by atoms with Crippen molar-refractivity contribution in [3.05, 3.63) is 77.5 Å². The summed E-state index contributed by atoms with van der Waals surface area (Å²) < 4.78 is 27.3. The fourth-order valence-electron chi connectivity index (χ4n) is 2.66. The highest BCUT2D eigenvalue weighted by atomic mass is 32.2. The molecule has 0 aliphatic rings. The molecule has 6 heteroatoms. The number of rotatable bonds is 5. The molecule has 0 amide bonds. The van der Waals surface area contributed by atoms with Gasteiger partial charge in [-0.2, -0.15) is 0 Å². The van der Waals surface area contributed by atoms with E-state index >= 15 is 0 Å². The Morgan fingerprint density at radius 3 is 2.00 bits per heavy atom. The van der Waals surface area contributed by atoms with Crippen molar-refractivity contribution >= 4 is 27.2 Å². The molecule has 26 heavy (non-hydrogen) atoms. The lowest BCUT2D eigenvalue weighted by atomic mass is 10.1. The average Bonchev–Trinajstić information content (AvgIpc) is 2.56. The Kier molecular flexibility index (Phi) is 4.95. The van der Waals surface area contributed by atoms with Crippen molar-refractivity contribution in [2.75, 3.05) is 10.0 Å².